The average molecular weight is 253 g/mol. The summed E-state index contributed by atoms with van der Waals surface area (Å²) in [7, 11) is 0. The topological polar surface area (TPSA) is 72.3 Å². The summed E-state index contributed by atoms with van der Waals surface area (Å²) in [4.78, 5) is 12.9. The molecule has 1 aromatic rings. The lowest BCUT2D eigenvalue weighted by atomic mass is 10.1. The van der Waals surface area contributed by atoms with Crippen LogP contribution in [0.1, 0.15) is 19.4 Å². The molecule has 0 aromatic heterocycles. The van der Waals surface area contributed by atoms with Crippen molar-refractivity contribution in [3.05, 3.63) is 29.6 Å². The molecule has 0 aliphatic carbocycles. The smallest absolute Gasteiger partial charge is 0.236 e. The van der Waals surface area contributed by atoms with Gasteiger partial charge in [0.05, 0.1) is 6.54 Å². The van der Waals surface area contributed by atoms with Gasteiger partial charge in [-0.05, 0) is 18.1 Å². The van der Waals surface area contributed by atoms with Gasteiger partial charge in [-0.2, -0.15) is 0 Å². The van der Waals surface area contributed by atoms with Crippen LogP contribution in [0.5, 0.6) is 0 Å². The number of primary amides is 1. The van der Waals surface area contributed by atoms with Gasteiger partial charge in [0.2, 0.25) is 5.91 Å². The third-order valence-corrected chi connectivity index (χ3v) is 2.57. The Morgan fingerprint density at radius 1 is 1.44 bits per heavy atom. The summed E-state index contributed by atoms with van der Waals surface area (Å²) in [6, 6.07) is 4.73. The van der Waals surface area contributed by atoms with Crippen LogP contribution >= 0.6 is 0 Å². The zero-order valence-electron chi connectivity index (χ0n) is 10.8. The molecule has 0 fully saturated rings. The van der Waals surface area contributed by atoms with E-state index in [9.17, 15) is 9.18 Å². The minimum atomic E-state index is -0.442. The van der Waals surface area contributed by atoms with E-state index in [1.807, 2.05) is 13.8 Å². The molecule has 0 unspecified atom stereocenters. The summed E-state index contributed by atoms with van der Waals surface area (Å²) in [5, 5.41) is 0. The maximum Gasteiger partial charge on any atom is 0.236 e. The molecule has 0 aliphatic heterocycles. The van der Waals surface area contributed by atoms with Crippen LogP contribution in [0.25, 0.3) is 0 Å². The monoisotopic (exact) mass is 253 g/mol. The Hall–Kier alpha value is -1.62. The first-order valence-corrected chi connectivity index (χ1v) is 5.96. The number of amides is 1. The molecular weight excluding hydrogens is 233 g/mol. The van der Waals surface area contributed by atoms with Crippen molar-refractivity contribution in [3.63, 3.8) is 0 Å². The van der Waals surface area contributed by atoms with Gasteiger partial charge in [0, 0.05) is 24.3 Å². The molecule has 18 heavy (non-hydrogen) atoms. The number of halogens is 1. The minimum Gasteiger partial charge on any atom is -0.368 e. The Kier molecular flexibility index (Phi) is 5.09. The molecule has 4 nitrogen and oxygen atoms in total. The van der Waals surface area contributed by atoms with E-state index in [-0.39, 0.29) is 18.9 Å². The van der Waals surface area contributed by atoms with Crippen molar-refractivity contribution in [2.45, 2.75) is 20.4 Å². The van der Waals surface area contributed by atoms with Crippen molar-refractivity contribution in [1.82, 2.24) is 0 Å². The van der Waals surface area contributed by atoms with Crippen molar-refractivity contribution < 1.29 is 9.18 Å². The molecule has 0 atom stereocenters. The molecule has 0 saturated carbocycles. The summed E-state index contributed by atoms with van der Waals surface area (Å²) in [6.07, 6.45) is 0. The van der Waals surface area contributed by atoms with Gasteiger partial charge in [0.1, 0.15) is 5.82 Å². The van der Waals surface area contributed by atoms with Gasteiger partial charge >= 0.3 is 0 Å². The molecule has 5 heteroatoms. The van der Waals surface area contributed by atoms with Crippen LogP contribution in [0, 0.1) is 11.7 Å². The molecule has 0 spiro atoms. The molecule has 0 bridgehead atoms. The van der Waals surface area contributed by atoms with Gasteiger partial charge in [-0.1, -0.05) is 19.9 Å². The number of hydrogen-bond donors (Lipinski definition) is 2. The summed E-state index contributed by atoms with van der Waals surface area (Å²) in [5.74, 6) is -0.464. The third-order valence-electron chi connectivity index (χ3n) is 2.57. The molecule has 0 radical (unpaired) electrons. The highest BCUT2D eigenvalue weighted by Crippen LogP contribution is 2.23. The number of hydrogen-bond acceptors (Lipinski definition) is 3. The van der Waals surface area contributed by atoms with Gasteiger partial charge < -0.3 is 16.4 Å². The lowest BCUT2D eigenvalue weighted by Gasteiger charge is -2.27. The third kappa shape index (κ3) is 3.70. The van der Waals surface area contributed by atoms with Crippen molar-refractivity contribution in [3.8, 4) is 0 Å². The van der Waals surface area contributed by atoms with Crippen LogP contribution < -0.4 is 16.4 Å². The number of carbonyl (C=O) groups is 1. The van der Waals surface area contributed by atoms with E-state index in [1.54, 1.807) is 17.0 Å². The standard InChI is InChI=1S/C13H20FN3O/c1-9(2)7-17(8-13(16)18)12-5-3-4-11(14)10(12)6-15/h3-5,9H,6-8,15H2,1-2H3,(H2,16,18). The number of rotatable bonds is 6. The number of anilines is 1. The fraction of sp³-hybridized carbons (Fsp3) is 0.462. The highest BCUT2D eigenvalue weighted by molar-refractivity contribution is 5.80. The summed E-state index contributed by atoms with van der Waals surface area (Å²) < 4.78 is 13.7. The SMILES string of the molecule is CC(C)CN(CC(N)=O)c1cccc(F)c1CN. The van der Waals surface area contributed by atoms with E-state index in [2.05, 4.69) is 0 Å². The molecule has 0 heterocycles. The van der Waals surface area contributed by atoms with Crippen LogP contribution in [0.2, 0.25) is 0 Å². The first kappa shape index (κ1) is 14.4. The predicted molar refractivity (Wildman–Crippen MR) is 70.5 cm³/mol. The second-order valence-corrected chi connectivity index (χ2v) is 4.68. The number of carbonyl (C=O) groups excluding carboxylic acids is 1. The van der Waals surface area contributed by atoms with E-state index in [0.29, 0.717) is 23.7 Å². The Balaban J connectivity index is 3.11. The molecule has 100 valence electrons. The molecular formula is C13H20FN3O. The normalized spacial score (nSPS) is 10.7. The Morgan fingerprint density at radius 2 is 2.11 bits per heavy atom. The summed E-state index contributed by atoms with van der Waals surface area (Å²) in [5.41, 5.74) is 11.9. The Labute approximate surface area is 107 Å². The van der Waals surface area contributed by atoms with Gasteiger partial charge in [-0.25, -0.2) is 4.39 Å². The van der Waals surface area contributed by atoms with E-state index in [4.69, 9.17) is 11.5 Å². The van der Waals surface area contributed by atoms with Gasteiger partial charge in [0.25, 0.3) is 0 Å². The van der Waals surface area contributed by atoms with Gasteiger partial charge in [0.15, 0.2) is 0 Å². The van der Waals surface area contributed by atoms with Gasteiger partial charge in [-0.15, -0.1) is 0 Å². The lowest BCUT2D eigenvalue weighted by Crippen LogP contribution is -2.37. The fourth-order valence-corrected chi connectivity index (χ4v) is 1.92. The number of nitrogens with two attached hydrogens (primary N) is 2. The van der Waals surface area contributed by atoms with Gasteiger partial charge in [-0.3, -0.25) is 4.79 Å². The lowest BCUT2D eigenvalue weighted by molar-refractivity contribution is -0.116. The van der Waals surface area contributed by atoms with Crippen LogP contribution in [-0.4, -0.2) is 19.0 Å². The Bertz CT molecular complexity index is 421. The average Bonchev–Trinajstić information content (AvgIpc) is 2.26. The first-order valence-electron chi connectivity index (χ1n) is 5.96. The highest BCUT2D eigenvalue weighted by Gasteiger charge is 2.16. The highest BCUT2D eigenvalue weighted by atomic mass is 19.1. The molecule has 0 saturated heterocycles. The Morgan fingerprint density at radius 3 is 2.61 bits per heavy atom. The molecule has 4 N–H and O–H groups in total. The van der Waals surface area contributed by atoms with Crippen molar-refractivity contribution in [1.29, 1.82) is 0 Å². The number of benzene rings is 1. The van der Waals surface area contributed by atoms with E-state index in [1.165, 1.54) is 6.07 Å². The largest absolute Gasteiger partial charge is 0.368 e. The zero-order valence-corrected chi connectivity index (χ0v) is 10.8. The van der Waals surface area contributed by atoms with E-state index >= 15 is 0 Å². The van der Waals surface area contributed by atoms with E-state index in [0.717, 1.165) is 0 Å². The molecule has 1 rings (SSSR count). The van der Waals surface area contributed by atoms with Crippen molar-refractivity contribution in [2.24, 2.45) is 17.4 Å². The summed E-state index contributed by atoms with van der Waals surface area (Å²) >= 11 is 0. The van der Waals surface area contributed by atoms with E-state index < -0.39 is 5.91 Å². The quantitative estimate of drug-likeness (QED) is 0.801. The van der Waals surface area contributed by atoms with Crippen LogP contribution in [0.3, 0.4) is 0 Å². The molecule has 0 aliphatic rings. The molecule has 1 amide bonds. The van der Waals surface area contributed by atoms with Crippen LogP contribution in [0.4, 0.5) is 10.1 Å². The van der Waals surface area contributed by atoms with Crippen molar-refractivity contribution in [2.75, 3.05) is 18.0 Å². The maximum absolute atomic E-state index is 13.7. The summed E-state index contributed by atoms with van der Waals surface area (Å²) in [6.45, 7) is 4.83. The van der Waals surface area contributed by atoms with Crippen LogP contribution in [0.15, 0.2) is 18.2 Å². The van der Waals surface area contributed by atoms with Crippen molar-refractivity contribution >= 4 is 11.6 Å². The first-order chi connectivity index (χ1) is 8.45. The second-order valence-electron chi connectivity index (χ2n) is 4.68. The van der Waals surface area contributed by atoms with Crippen LogP contribution in [-0.2, 0) is 11.3 Å². The number of nitrogens with zero attached hydrogens (tertiary/aromatic N) is 1. The second kappa shape index (κ2) is 6.35. The predicted octanol–water partition coefficient (Wildman–Crippen LogP) is 1.23. The minimum absolute atomic E-state index is 0.0641. The molecule has 1 aromatic carbocycles. The fourth-order valence-electron chi connectivity index (χ4n) is 1.92. The maximum atomic E-state index is 13.7. The zero-order chi connectivity index (χ0) is 13.7.